The van der Waals surface area contributed by atoms with Gasteiger partial charge in [-0.1, -0.05) is 43.1 Å². The van der Waals surface area contributed by atoms with E-state index >= 15 is 0 Å². The van der Waals surface area contributed by atoms with Gasteiger partial charge in [-0.25, -0.2) is 4.79 Å². The summed E-state index contributed by atoms with van der Waals surface area (Å²) in [6, 6.07) is 6.96. The fourth-order valence-electron chi connectivity index (χ4n) is 5.77. The van der Waals surface area contributed by atoms with E-state index in [0.717, 1.165) is 12.1 Å². The van der Waals surface area contributed by atoms with E-state index in [1.54, 1.807) is 23.1 Å². The highest BCUT2D eigenvalue weighted by Crippen LogP contribution is 2.37. The number of aliphatic hydroxyl groups is 1. The molecule has 2 aromatic rings. The summed E-state index contributed by atoms with van der Waals surface area (Å²) in [7, 11) is 0. The van der Waals surface area contributed by atoms with Gasteiger partial charge in [0, 0.05) is 74.0 Å². The Morgan fingerprint density at radius 3 is 2.33 bits per heavy atom. The Balaban J connectivity index is 1.55. The van der Waals surface area contributed by atoms with Gasteiger partial charge in [-0.2, -0.15) is 13.2 Å². The number of piperazine rings is 1. The van der Waals surface area contributed by atoms with Crippen LogP contribution in [-0.2, 0) is 17.4 Å². The van der Waals surface area contributed by atoms with Crippen LogP contribution in [0.3, 0.4) is 0 Å². The number of anilines is 1. The van der Waals surface area contributed by atoms with Crippen molar-refractivity contribution in [2.75, 3.05) is 57.3 Å². The number of amides is 3. The standard InChI is InChI=1S/C30H38Cl2F3N5O3/c1-19(2)15-25(36)23-17-21(30(33,34)35)4-6-26(23)37-7-9-38(10-8-37)28(42)27(16-20-3-5-22(31)18-24(20)32)40-12-11-39(13-14-41)29(40)43/h3-6,17-19,25,27,41H,7-16,36H2,1-2H3. The van der Waals surface area contributed by atoms with E-state index in [2.05, 4.69) is 0 Å². The third-order valence-corrected chi connectivity index (χ3v) is 8.59. The maximum atomic E-state index is 14.0. The molecule has 0 radical (unpaired) electrons. The van der Waals surface area contributed by atoms with Crippen LogP contribution in [-0.4, -0.2) is 90.2 Å². The molecule has 8 nitrogen and oxygen atoms in total. The second-order valence-electron chi connectivity index (χ2n) is 11.5. The summed E-state index contributed by atoms with van der Waals surface area (Å²) >= 11 is 12.5. The molecule has 2 fully saturated rings. The molecule has 2 aromatic carbocycles. The molecule has 2 saturated heterocycles. The van der Waals surface area contributed by atoms with Crippen molar-refractivity contribution in [3.8, 4) is 0 Å². The average molecular weight is 645 g/mol. The smallest absolute Gasteiger partial charge is 0.395 e. The molecule has 0 bridgehead atoms. The predicted molar refractivity (Wildman–Crippen MR) is 161 cm³/mol. The molecule has 2 heterocycles. The van der Waals surface area contributed by atoms with E-state index in [1.165, 1.54) is 15.9 Å². The molecule has 2 atom stereocenters. The van der Waals surface area contributed by atoms with E-state index < -0.39 is 23.8 Å². The Bertz CT molecular complexity index is 1300. The van der Waals surface area contributed by atoms with Crippen molar-refractivity contribution >= 4 is 40.8 Å². The van der Waals surface area contributed by atoms with E-state index in [-0.39, 0.29) is 37.4 Å². The maximum Gasteiger partial charge on any atom is 0.416 e. The van der Waals surface area contributed by atoms with Crippen molar-refractivity contribution in [1.82, 2.24) is 14.7 Å². The normalized spacial score (nSPS) is 17.7. The summed E-state index contributed by atoms with van der Waals surface area (Å²) in [6.45, 7) is 6.04. The van der Waals surface area contributed by atoms with Gasteiger partial charge in [0.15, 0.2) is 0 Å². The number of alkyl halides is 3. The van der Waals surface area contributed by atoms with E-state index in [9.17, 15) is 27.9 Å². The van der Waals surface area contributed by atoms with Gasteiger partial charge in [0.25, 0.3) is 0 Å². The number of benzene rings is 2. The molecule has 2 unspecified atom stereocenters. The SMILES string of the molecule is CC(C)CC(N)c1cc(C(F)(F)F)ccc1N1CCN(C(=O)C(Cc2ccc(Cl)cc2Cl)N2CCN(CCO)C2=O)CC1. The van der Waals surface area contributed by atoms with E-state index in [4.69, 9.17) is 28.9 Å². The fraction of sp³-hybridized carbons (Fsp3) is 0.533. The molecule has 0 aliphatic carbocycles. The molecule has 4 rings (SSSR count). The van der Waals surface area contributed by atoms with Gasteiger partial charge in [-0.15, -0.1) is 0 Å². The lowest BCUT2D eigenvalue weighted by Crippen LogP contribution is -2.56. The fourth-order valence-corrected chi connectivity index (χ4v) is 6.26. The summed E-state index contributed by atoms with van der Waals surface area (Å²) in [5.74, 6) is -0.0476. The average Bonchev–Trinajstić information content (AvgIpc) is 3.31. The lowest BCUT2D eigenvalue weighted by Gasteiger charge is -2.40. The first kappa shape index (κ1) is 33.2. The van der Waals surface area contributed by atoms with Crippen molar-refractivity contribution < 1.29 is 27.9 Å². The number of β-amino-alcohol motifs (C(OH)–C–C–N with tert-alkyl or cyclic N) is 1. The topological polar surface area (TPSA) is 93.3 Å². The Hall–Kier alpha value is -2.73. The molecule has 2 aliphatic rings. The molecule has 2 aliphatic heterocycles. The van der Waals surface area contributed by atoms with Crippen molar-refractivity contribution in [1.29, 1.82) is 0 Å². The van der Waals surface area contributed by atoms with Gasteiger partial charge >= 0.3 is 12.2 Å². The maximum absolute atomic E-state index is 14.0. The van der Waals surface area contributed by atoms with Crippen LogP contribution >= 0.6 is 23.2 Å². The van der Waals surface area contributed by atoms with Crippen LogP contribution in [0.4, 0.5) is 23.7 Å². The number of nitrogens with two attached hydrogens (primary N) is 1. The highest BCUT2D eigenvalue weighted by molar-refractivity contribution is 6.35. The van der Waals surface area contributed by atoms with Crippen LogP contribution in [0.15, 0.2) is 36.4 Å². The highest BCUT2D eigenvalue weighted by Gasteiger charge is 2.40. The largest absolute Gasteiger partial charge is 0.416 e. The second-order valence-corrected chi connectivity index (χ2v) is 12.3. The lowest BCUT2D eigenvalue weighted by molar-refractivity contribution is -0.138. The van der Waals surface area contributed by atoms with Crippen LogP contribution in [0.5, 0.6) is 0 Å². The first-order valence-electron chi connectivity index (χ1n) is 14.4. The second kappa shape index (κ2) is 13.9. The number of aliphatic hydroxyl groups excluding tert-OH is 1. The van der Waals surface area contributed by atoms with Crippen LogP contribution in [0.1, 0.15) is 43.0 Å². The van der Waals surface area contributed by atoms with E-state index in [0.29, 0.717) is 72.5 Å². The number of halogens is 5. The summed E-state index contributed by atoms with van der Waals surface area (Å²) in [4.78, 5) is 33.9. The van der Waals surface area contributed by atoms with Gasteiger partial charge in [0.05, 0.1) is 12.2 Å². The van der Waals surface area contributed by atoms with Gasteiger partial charge in [-0.3, -0.25) is 4.79 Å². The zero-order chi connectivity index (χ0) is 31.5. The van der Waals surface area contributed by atoms with E-state index in [1.807, 2.05) is 18.7 Å². The van der Waals surface area contributed by atoms with Crippen LogP contribution in [0.25, 0.3) is 0 Å². The number of urea groups is 1. The molecule has 3 amide bonds. The zero-order valence-electron chi connectivity index (χ0n) is 24.3. The number of hydrogen-bond donors (Lipinski definition) is 2. The van der Waals surface area contributed by atoms with Gasteiger partial charge in [0.1, 0.15) is 6.04 Å². The minimum Gasteiger partial charge on any atom is -0.395 e. The minimum atomic E-state index is -4.49. The molecule has 0 spiro atoms. The number of nitrogens with zero attached hydrogens (tertiary/aromatic N) is 4. The zero-order valence-corrected chi connectivity index (χ0v) is 25.8. The Morgan fingerprint density at radius 1 is 1.02 bits per heavy atom. The molecular formula is C30H38Cl2F3N5O3. The molecule has 43 heavy (non-hydrogen) atoms. The number of rotatable bonds is 10. The monoisotopic (exact) mass is 643 g/mol. The first-order chi connectivity index (χ1) is 20.3. The van der Waals surface area contributed by atoms with Gasteiger partial charge < -0.3 is 30.4 Å². The first-order valence-corrected chi connectivity index (χ1v) is 15.2. The molecule has 236 valence electrons. The van der Waals surface area contributed by atoms with Crippen LogP contribution < -0.4 is 10.6 Å². The van der Waals surface area contributed by atoms with Crippen molar-refractivity contribution in [2.24, 2.45) is 11.7 Å². The Kier molecular flexibility index (Phi) is 10.7. The molecular weight excluding hydrogens is 606 g/mol. The highest BCUT2D eigenvalue weighted by atomic mass is 35.5. The van der Waals surface area contributed by atoms with Crippen LogP contribution in [0, 0.1) is 5.92 Å². The third-order valence-electron chi connectivity index (χ3n) is 8.00. The Morgan fingerprint density at radius 2 is 1.72 bits per heavy atom. The minimum absolute atomic E-state index is 0.172. The van der Waals surface area contributed by atoms with Crippen LogP contribution in [0.2, 0.25) is 10.0 Å². The number of hydrogen-bond acceptors (Lipinski definition) is 5. The quantitative estimate of drug-likeness (QED) is 0.378. The summed E-state index contributed by atoms with van der Waals surface area (Å²) in [5.41, 5.74) is 7.40. The Labute approximate surface area is 260 Å². The van der Waals surface area contributed by atoms with Crippen molar-refractivity contribution in [3.63, 3.8) is 0 Å². The number of carbonyl (C=O) groups excluding carboxylic acids is 2. The number of carbonyl (C=O) groups is 2. The predicted octanol–water partition coefficient (Wildman–Crippen LogP) is 5.05. The molecule has 3 N–H and O–H groups in total. The lowest BCUT2D eigenvalue weighted by atomic mass is 9.94. The van der Waals surface area contributed by atoms with Crippen molar-refractivity contribution in [3.05, 3.63) is 63.1 Å². The summed E-state index contributed by atoms with van der Waals surface area (Å²) < 4.78 is 40.7. The van der Waals surface area contributed by atoms with Crippen molar-refractivity contribution in [2.45, 2.75) is 44.9 Å². The summed E-state index contributed by atoms with van der Waals surface area (Å²) in [5, 5.41) is 10.2. The third kappa shape index (κ3) is 7.87. The van der Waals surface area contributed by atoms with Gasteiger partial charge in [0.2, 0.25) is 5.91 Å². The molecule has 0 saturated carbocycles. The molecule has 13 heteroatoms. The summed E-state index contributed by atoms with van der Waals surface area (Å²) in [6.07, 6.45) is -3.78. The molecule has 0 aromatic heterocycles. The van der Waals surface area contributed by atoms with Gasteiger partial charge in [-0.05, 0) is 53.8 Å².